The standard InChI is InChI=1S/C23H21N5O3/c29-21(30)11-5-8-19-15-28(20-9-2-1-3-10-20)23(26-19)27-22(31)17-7-4-6-16(12-17)18-13-24-25-14-18/h1-4,6-7,9-10,12-15H,5,8,11H2,(H,24,25)(H,29,30)(H,26,27,31). The Hall–Kier alpha value is -4.20. The first kappa shape index (κ1) is 20.1. The maximum Gasteiger partial charge on any atom is 0.303 e. The zero-order chi connectivity index (χ0) is 21.6. The summed E-state index contributed by atoms with van der Waals surface area (Å²) in [5.74, 6) is -0.742. The van der Waals surface area contributed by atoms with E-state index in [-0.39, 0.29) is 12.3 Å². The lowest BCUT2D eigenvalue weighted by molar-refractivity contribution is -0.137. The van der Waals surface area contributed by atoms with Gasteiger partial charge in [0.2, 0.25) is 5.95 Å². The minimum Gasteiger partial charge on any atom is -0.481 e. The van der Waals surface area contributed by atoms with Crippen LogP contribution in [0.1, 0.15) is 28.9 Å². The van der Waals surface area contributed by atoms with E-state index in [1.807, 2.05) is 48.7 Å². The fraction of sp³-hybridized carbons (Fsp3) is 0.130. The van der Waals surface area contributed by atoms with Gasteiger partial charge < -0.3 is 5.11 Å². The lowest BCUT2D eigenvalue weighted by atomic mass is 10.1. The average molecular weight is 415 g/mol. The van der Waals surface area contributed by atoms with Crippen LogP contribution in [-0.4, -0.2) is 36.7 Å². The molecule has 8 nitrogen and oxygen atoms in total. The molecule has 0 aliphatic heterocycles. The van der Waals surface area contributed by atoms with Crippen molar-refractivity contribution in [3.63, 3.8) is 0 Å². The van der Waals surface area contributed by atoms with E-state index in [4.69, 9.17) is 5.11 Å². The van der Waals surface area contributed by atoms with E-state index in [9.17, 15) is 9.59 Å². The van der Waals surface area contributed by atoms with Crippen LogP contribution in [0.4, 0.5) is 5.95 Å². The number of aliphatic carboxylic acids is 1. The number of carbonyl (C=O) groups is 2. The maximum atomic E-state index is 13.0. The first-order chi connectivity index (χ1) is 15.1. The van der Waals surface area contributed by atoms with Crippen molar-refractivity contribution in [2.75, 3.05) is 5.32 Å². The third-order valence-corrected chi connectivity index (χ3v) is 4.80. The molecule has 1 amide bonds. The quantitative estimate of drug-likeness (QED) is 0.404. The second-order valence-electron chi connectivity index (χ2n) is 7.03. The molecule has 2 aromatic carbocycles. The molecule has 0 saturated carbocycles. The number of carboxylic acids is 1. The third-order valence-electron chi connectivity index (χ3n) is 4.80. The number of aromatic amines is 1. The van der Waals surface area contributed by atoms with Gasteiger partial charge in [-0.3, -0.25) is 24.6 Å². The number of para-hydroxylation sites is 1. The number of nitrogens with zero attached hydrogens (tertiary/aromatic N) is 3. The molecule has 3 N–H and O–H groups in total. The molecule has 0 aliphatic rings. The highest BCUT2D eigenvalue weighted by Crippen LogP contribution is 2.21. The average Bonchev–Trinajstić information content (AvgIpc) is 3.45. The van der Waals surface area contributed by atoms with Crippen LogP contribution in [0, 0.1) is 0 Å². The van der Waals surface area contributed by atoms with Gasteiger partial charge in [0.05, 0.1) is 11.9 Å². The second kappa shape index (κ2) is 9.08. The van der Waals surface area contributed by atoms with Gasteiger partial charge in [-0.25, -0.2) is 4.98 Å². The number of carboxylic acid groups (broad SMARTS) is 1. The summed E-state index contributed by atoms with van der Waals surface area (Å²) >= 11 is 0. The van der Waals surface area contributed by atoms with Crippen LogP contribution in [-0.2, 0) is 11.2 Å². The Morgan fingerprint density at radius 1 is 1.06 bits per heavy atom. The molecule has 156 valence electrons. The molecule has 4 aromatic rings. The minimum absolute atomic E-state index is 0.0701. The smallest absolute Gasteiger partial charge is 0.303 e. The number of H-pyrrole nitrogens is 1. The Labute approximate surface area is 178 Å². The molecule has 2 heterocycles. The monoisotopic (exact) mass is 415 g/mol. The second-order valence-corrected chi connectivity index (χ2v) is 7.03. The van der Waals surface area contributed by atoms with Crippen molar-refractivity contribution in [2.24, 2.45) is 0 Å². The van der Waals surface area contributed by atoms with Crippen LogP contribution in [0.3, 0.4) is 0 Å². The summed E-state index contributed by atoms with van der Waals surface area (Å²) in [6.45, 7) is 0. The third kappa shape index (κ3) is 4.87. The van der Waals surface area contributed by atoms with E-state index >= 15 is 0 Å². The van der Waals surface area contributed by atoms with Gasteiger partial charge in [0.1, 0.15) is 0 Å². The number of aryl methyl sites for hydroxylation is 1. The maximum absolute atomic E-state index is 13.0. The number of carbonyl (C=O) groups excluding carboxylic acids is 1. The molecule has 31 heavy (non-hydrogen) atoms. The van der Waals surface area contributed by atoms with Crippen LogP contribution in [0.15, 0.2) is 73.2 Å². The van der Waals surface area contributed by atoms with Gasteiger partial charge in [-0.05, 0) is 42.7 Å². The van der Waals surface area contributed by atoms with Crippen molar-refractivity contribution in [3.05, 3.63) is 84.4 Å². The zero-order valence-corrected chi connectivity index (χ0v) is 16.7. The van der Waals surface area contributed by atoms with Crippen LogP contribution < -0.4 is 5.32 Å². The van der Waals surface area contributed by atoms with Gasteiger partial charge in [-0.2, -0.15) is 5.10 Å². The van der Waals surface area contributed by atoms with Crippen molar-refractivity contribution in [3.8, 4) is 16.8 Å². The number of anilines is 1. The van der Waals surface area contributed by atoms with Crippen molar-refractivity contribution in [2.45, 2.75) is 19.3 Å². The molecule has 0 aliphatic carbocycles. The molecule has 0 bridgehead atoms. The van der Waals surface area contributed by atoms with Crippen LogP contribution in [0.5, 0.6) is 0 Å². The molecule has 2 aromatic heterocycles. The Morgan fingerprint density at radius 3 is 2.65 bits per heavy atom. The Morgan fingerprint density at radius 2 is 1.90 bits per heavy atom. The highest BCUT2D eigenvalue weighted by molar-refractivity contribution is 6.04. The number of aromatic nitrogens is 4. The van der Waals surface area contributed by atoms with Crippen molar-refractivity contribution in [1.29, 1.82) is 0 Å². The van der Waals surface area contributed by atoms with Crippen LogP contribution >= 0.6 is 0 Å². The number of amides is 1. The van der Waals surface area contributed by atoms with Gasteiger partial charge in [0, 0.05) is 35.6 Å². The normalized spacial score (nSPS) is 10.7. The summed E-state index contributed by atoms with van der Waals surface area (Å²) in [6.07, 6.45) is 6.34. The van der Waals surface area contributed by atoms with E-state index in [0.717, 1.165) is 16.8 Å². The number of hydrogen-bond acceptors (Lipinski definition) is 4. The fourth-order valence-electron chi connectivity index (χ4n) is 3.27. The molecule has 8 heteroatoms. The van der Waals surface area contributed by atoms with Crippen molar-refractivity contribution < 1.29 is 14.7 Å². The lowest BCUT2D eigenvalue weighted by Crippen LogP contribution is -2.15. The molecule has 0 spiro atoms. The molecule has 4 rings (SSSR count). The highest BCUT2D eigenvalue weighted by atomic mass is 16.4. The molecule has 0 fully saturated rings. The van der Waals surface area contributed by atoms with E-state index in [0.29, 0.717) is 30.0 Å². The highest BCUT2D eigenvalue weighted by Gasteiger charge is 2.15. The molecule has 0 saturated heterocycles. The summed E-state index contributed by atoms with van der Waals surface area (Å²) < 4.78 is 1.80. The number of rotatable bonds is 8. The van der Waals surface area contributed by atoms with Gasteiger partial charge in [0.25, 0.3) is 5.91 Å². The van der Waals surface area contributed by atoms with Gasteiger partial charge in [0.15, 0.2) is 0 Å². The summed E-state index contributed by atoms with van der Waals surface area (Å²) in [5.41, 5.74) is 3.83. The summed E-state index contributed by atoms with van der Waals surface area (Å²) in [6, 6.07) is 16.8. The topological polar surface area (TPSA) is 113 Å². The Balaban J connectivity index is 1.59. The number of imidazole rings is 1. The van der Waals surface area contributed by atoms with Crippen molar-refractivity contribution in [1.82, 2.24) is 19.7 Å². The Bertz CT molecular complexity index is 1180. The van der Waals surface area contributed by atoms with E-state index in [1.165, 1.54) is 0 Å². The van der Waals surface area contributed by atoms with Gasteiger partial charge in [-0.15, -0.1) is 0 Å². The predicted molar refractivity (Wildman–Crippen MR) is 116 cm³/mol. The number of benzene rings is 2. The number of hydrogen-bond donors (Lipinski definition) is 3. The first-order valence-corrected chi connectivity index (χ1v) is 9.86. The predicted octanol–water partition coefficient (Wildman–Crippen LogP) is 3.92. The van der Waals surface area contributed by atoms with E-state index in [1.54, 1.807) is 29.1 Å². The summed E-state index contributed by atoms with van der Waals surface area (Å²) in [7, 11) is 0. The van der Waals surface area contributed by atoms with Gasteiger partial charge >= 0.3 is 5.97 Å². The molecule has 0 atom stereocenters. The van der Waals surface area contributed by atoms with Crippen molar-refractivity contribution >= 4 is 17.8 Å². The van der Waals surface area contributed by atoms with Crippen LogP contribution in [0.25, 0.3) is 16.8 Å². The molecular formula is C23H21N5O3. The molecule has 0 radical (unpaired) electrons. The fourth-order valence-corrected chi connectivity index (χ4v) is 3.27. The molecular weight excluding hydrogens is 394 g/mol. The minimum atomic E-state index is -0.839. The Kier molecular flexibility index (Phi) is 5.89. The number of nitrogens with one attached hydrogen (secondary N) is 2. The summed E-state index contributed by atoms with van der Waals surface area (Å²) in [4.78, 5) is 28.3. The van der Waals surface area contributed by atoms with E-state index < -0.39 is 5.97 Å². The first-order valence-electron chi connectivity index (χ1n) is 9.86. The summed E-state index contributed by atoms with van der Waals surface area (Å²) in [5, 5.41) is 18.5. The largest absolute Gasteiger partial charge is 0.481 e. The van der Waals surface area contributed by atoms with E-state index in [2.05, 4.69) is 20.5 Å². The van der Waals surface area contributed by atoms with Crippen LogP contribution in [0.2, 0.25) is 0 Å². The molecule has 0 unspecified atom stereocenters. The van der Waals surface area contributed by atoms with Gasteiger partial charge in [-0.1, -0.05) is 30.3 Å². The SMILES string of the molecule is O=C(O)CCCc1cn(-c2ccccc2)c(NC(=O)c2cccc(-c3cn[nH]c3)c2)n1. The lowest BCUT2D eigenvalue weighted by Gasteiger charge is -2.09. The zero-order valence-electron chi connectivity index (χ0n) is 16.7.